The molecule has 2 atom stereocenters. The predicted molar refractivity (Wildman–Crippen MR) is 78.7 cm³/mol. The summed E-state index contributed by atoms with van der Waals surface area (Å²) in [5, 5.41) is 18.6. The molecule has 5 nitrogen and oxygen atoms in total. The molecule has 0 fully saturated rings. The molecule has 1 rings (SSSR count). The van der Waals surface area contributed by atoms with Crippen molar-refractivity contribution >= 4 is 10.0 Å². The van der Waals surface area contributed by atoms with Crippen molar-refractivity contribution < 1.29 is 18.6 Å². The highest BCUT2D eigenvalue weighted by molar-refractivity contribution is 7.90. The van der Waals surface area contributed by atoms with E-state index in [2.05, 4.69) is 4.72 Å². The average molecular weight is 301 g/mol. The molecule has 3 N–H and O–H groups in total. The van der Waals surface area contributed by atoms with Crippen LogP contribution in [0, 0.1) is 0 Å². The molecule has 0 saturated carbocycles. The Kier molecular flexibility index (Phi) is 5.70. The molecule has 114 valence electrons. The average Bonchev–Trinajstić information content (AvgIpc) is 2.37. The standard InChI is InChI=1S/C14H23NO4S/c1-14(2,3)20(18,19)15-13(9-12(17)10-16)11-7-5-4-6-8-11/h4-8,12-13,15-17H,9-10H2,1-3H3/t12-,13+/m1/s1. The van der Waals surface area contributed by atoms with E-state index in [1.807, 2.05) is 6.07 Å². The van der Waals surface area contributed by atoms with Gasteiger partial charge >= 0.3 is 0 Å². The maximum Gasteiger partial charge on any atom is 0.217 e. The van der Waals surface area contributed by atoms with Crippen LogP contribution in [-0.4, -0.2) is 36.1 Å². The molecular weight excluding hydrogens is 278 g/mol. The van der Waals surface area contributed by atoms with Gasteiger partial charge in [-0.05, 0) is 32.8 Å². The molecule has 0 aliphatic carbocycles. The van der Waals surface area contributed by atoms with E-state index in [-0.39, 0.29) is 6.42 Å². The van der Waals surface area contributed by atoms with Crippen molar-refractivity contribution in [1.82, 2.24) is 4.72 Å². The Balaban J connectivity index is 3.01. The Hall–Kier alpha value is -0.950. The zero-order valence-electron chi connectivity index (χ0n) is 12.1. The SMILES string of the molecule is CC(C)(C)S(=O)(=O)N[C@@H](C[C@@H](O)CO)c1ccccc1. The van der Waals surface area contributed by atoms with Gasteiger partial charge < -0.3 is 10.2 Å². The highest BCUT2D eigenvalue weighted by Crippen LogP contribution is 2.23. The second kappa shape index (κ2) is 6.67. The van der Waals surface area contributed by atoms with Gasteiger partial charge in [0.1, 0.15) is 0 Å². The van der Waals surface area contributed by atoms with Crippen molar-refractivity contribution in [2.24, 2.45) is 0 Å². The number of nitrogens with one attached hydrogen (secondary N) is 1. The number of benzene rings is 1. The molecule has 0 aromatic heterocycles. The van der Waals surface area contributed by atoms with Gasteiger partial charge in [0.2, 0.25) is 10.0 Å². The third-order valence-corrected chi connectivity index (χ3v) is 5.23. The van der Waals surface area contributed by atoms with E-state index in [1.54, 1.807) is 45.0 Å². The van der Waals surface area contributed by atoms with Crippen molar-refractivity contribution in [3.05, 3.63) is 35.9 Å². The monoisotopic (exact) mass is 301 g/mol. The molecule has 0 bridgehead atoms. The van der Waals surface area contributed by atoms with Crippen molar-refractivity contribution in [3.8, 4) is 0 Å². The van der Waals surface area contributed by atoms with Gasteiger partial charge in [0, 0.05) is 6.04 Å². The van der Waals surface area contributed by atoms with Gasteiger partial charge in [0.25, 0.3) is 0 Å². The Labute approximate surface area is 120 Å². The van der Waals surface area contributed by atoms with Gasteiger partial charge in [0.05, 0.1) is 17.5 Å². The summed E-state index contributed by atoms with van der Waals surface area (Å²) in [4.78, 5) is 0. The molecule has 0 aliphatic rings. The molecule has 1 aromatic carbocycles. The molecule has 0 amide bonds. The van der Waals surface area contributed by atoms with E-state index < -0.39 is 33.5 Å². The molecule has 0 aliphatic heterocycles. The van der Waals surface area contributed by atoms with Crippen molar-refractivity contribution in [2.75, 3.05) is 6.61 Å². The van der Waals surface area contributed by atoms with Gasteiger partial charge in [-0.2, -0.15) is 0 Å². The third-order valence-electron chi connectivity index (χ3n) is 3.02. The minimum Gasteiger partial charge on any atom is -0.394 e. The lowest BCUT2D eigenvalue weighted by molar-refractivity contribution is 0.0811. The molecule has 1 aromatic rings. The number of aliphatic hydroxyl groups excluding tert-OH is 2. The fraction of sp³-hybridized carbons (Fsp3) is 0.571. The maximum absolute atomic E-state index is 12.3. The van der Waals surface area contributed by atoms with Crippen LogP contribution in [0.4, 0.5) is 0 Å². The molecule has 6 heteroatoms. The Morgan fingerprint density at radius 2 is 1.75 bits per heavy atom. The number of hydrogen-bond acceptors (Lipinski definition) is 4. The minimum absolute atomic E-state index is 0.121. The highest BCUT2D eigenvalue weighted by atomic mass is 32.2. The summed E-state index contributed by atoms with van der Waals surface area (Å²) in [5.74, 6) is 0. The van der Waals surface area contributed by atoms with E-state index in [0.717, 1.165) is 5.56 Å². The lowest BCUT2D eigenvalue weighted by atomic mass is 10.0. The summed E-state index contributed by atoms with van der Waals surface area (Å²) in [6, 6.07) is 8.46. The first-order valence-electron chi connectivity index (χ1n) is 6.53. The molecule has 0 heterocycles. The Morgan fingerprint density at radius 3 is 2.20 bits per heavy atom. The molecule has 20 heavy (non-hydrogen) atoms. The highest BCUT2D eigenvalue weighted by Gasteiger charge is 2.32. The van der Waals surface area contributed by atoms with Crippen LogP contribution in [0.2, 0.25) is 0 Å². The molecular formula is C14H23NO4S. The lowest BCUT2D eigenvalue weighted by Crippen LogP contribution is -2.42. The fourth-order valence-corrected chi connectivity index (χ4v) is 2.61. The largest absolute Gasteiger partial charge is 0.394 e. The quantitative estimate of drug-likeness (QED) is 0.736. The van der Waals surface area contributed by atoms with Crippen LogP contribution in [0.15, 0.2) is 30.3 Å². The fourth-order valence-electron chi connectivity index (χ4n) is 1.65. The van der Waals surface area contributed by atoms with Crippen molar-refractivity contribution in [2.45, 2.75) is 44.1 Å². The number of sulfonamides is 1. The van der Waals surface area contributed by atoms with Gasteiger partial charge in [0.15, 0.2) is 0 Å². The van der Waals surface area contributed by atoms with Crippen LogP contribution in [-0.2, 0) is 10.0 Å². The molecule has 0 radical (unpaired) electrons. The first-order chi connectivity index (χ1) is 9.17. The summed E-state index contributed by atoms with van der Waals surface area (Å²) >= 11 is 0. The first-order valence-corrected chi connectivity index (χ1v) is 8.01. The predicted octanol–water partition coefficient (Wildman–Crippen LogP) is 1.19. The third kappa shape index (κ3) is 4.56. The summed E-state index contributed by atoms with van der Waals surface area (Å²) in [5.41, 5.74) is 0.757. The molecule has 0 spiro atoms. The zero-order chi connectivity index (χ0) is 15.4. The van der Waals surface area contributed by atoms with E-state index in [0.29, 0.717) is 0 Å². The van der Waals surface area contributed by atoms with Crippen LogP contribution in [0.25, 0.3) is 0 Å². The maximum atomic E-state index is 12.3. The van der Waals surface area contributed by atoms with E-state index >= 15 is 0 Å². The zero-order valence-corrected chi connectivity index (χ0v) is 12.9. The van der Waals surface area contributed by atoms with E-state index in [9.17, 15) is 13.5 Å². The summed E-state index contributed by atoms with van der Waals surface area (Å²) < 4.78 is 26.2. The summed E-state index contributed by atoms with van der Waals surface area (Å²) in [6.45, 7) is 4.43. The number of rotatable bonds is 6. The van der Waals surface area contributed by atoms with Gasteiger partial charge in [-0.25, -0.2) is 13.1 Å². The number of hydrogen-bond donors (Lipinski definition) is 3. The minimum atomic E-state index is -3.54. The topological polar surface area (TPSA) is 86.6 Å². The Bertz CT molecular complexity index is 508. The van der Waals surface area contributed by atoms with Gasteiger partial charge in [-0.15, -0.1) is 0 Å². The second-order valence-corrected chi connectivity index (χ2v) is 8.24. The van der Waals surface area contributed by atoms with Crippen LogP contribution >= 0.6 is 0 Å². The van der Waals surface area contributed by atoms with Crippen LogP contribution in [0.1, 0.15) is 38.8 Å². The van der Waals surface area contributed by atoms with Gasteiger partial charge in [-0.1, -0.05) is 30.3 Å². The smallest absolute Gasteiger partial charge is 0.217 e. The van der Waals surface area contributed by atoms with Crippen molar-refractivity contribution in [3.63, 3.8) is 0 Å². The normalized spacial score (nSPS) is 15.8. The van der Waals surface area contributed by atoms with Gasteiger partial charge in [-0.3, -0.25) is 0 Å². The van der Waals surface area contributed by atoms with Crippen LogP contribution < -0.4 is 4.72 Å². The summed E-state index contributed by atoms with van der Waals surface area (Å²) in [6.07, 6.45) is -0.849. The lowest BCUT2D eigenvalue weighted by Gasteiger charge is -2.26. The van der Waals surface area contributed by atoms with Crippen molar-refractivity contribution in [1.29, 1.82) is 0 Å². The number of aliphatic hydroxyl groups is 2. The second-order valence-electron chi connectivity index (χ2n) is 5.77. The van der Waals surface area contributed by atoms with E-state index in [4.69, 9.17) is 5.11 Å². The van der Waals surface area contributed by atoms with Crippen LogP contribution in [0.3, 0.4) is 0 Å². The molecule has 0 unspecified atom stereocenters. The van der Waals surface area contributed by atoms with E-state index in [1.165, 1.54) is 0 Å². The Morgan fingerprint density at radius 1 is 1.20 bits per heavy atom. The molecule has 0 saturated heterocycles. The first kappa shape index (κ1) is 17.1. The van der Waals surface area contributed by atoms with Crippen LogP contribution in [0.5, 0.6) is 0 Å². The summed E-state index contributed by atoms with van der Waals surface area (Å²) in [7, 11) is -3.54.